The maximum atomic E-state index is 13.1. The molecule has 2 aromatic rings. The Morgan fingerprint density at radius 2 is 1.30 bits per heavy atom. The van der Waals surface area contributed by atoms with Crippen molar-refractivity contribution in [1.82, 2.24) is 0 Å². The van der Waals surface area contributed by atoms with Crippen LogP contribution in [0.15, 0.2) is 42.5 Å². The lowest BCUT2D eigenvalue weighted by molar-refractivity contribution is -0.274. The zero-order valence-corrected chi connectivity index (χ0v) is 13.0. The highest BCUT2D eigenvalue weighted by Gasteiger charge is 2.38. The average molecular weight is 403 g/mol. The van der Waals surface area contributed by atoms with Gasteiger partial charge in [0.15, 0.2) is 0 Å². The number of hydrogen-bond donors (Lipinski definition) is 1. The Bertz CT molecular complexity index is 792. The van der Waals surface area contributed by atoms with Crippen LogP contribution in [0.4, 0.5) is 39.5 Å². The number of nitrogens with two attached hydrogens (primary N) is 1. The van der Waals surface area contributed by atoms with Crippen molar-refractivity contribution in [2.45, 2.75) is 24.8 Å². The summed E-state index contributed by atoms with van der Waals surface area (Å²) in [5.41, 5.74) is 1.97. The summed E-state index contributed by atoms with van der Waals surface area (Å²) in [4.78, 5) is 0. The standard InChI is InChI=1S/C16H10F9NO/c17-14(18,19)9-3-6-12(15(20,21)22)11(7-9)13(26)8-1-4-10(5-2-8)27-16(23,24)25/h1-7,13H,26H2/t13-/m0/s1. The van der Waals surface area contributed by atoms with Gasteiger partial charge < -0.3 is 10.5 Å². The fourth-order valence-corrected chi connectivity index (χ4v) is 2.31. The van der Waals surface area contributed by atoms with E-state index in [0.29, 0.717) is 0 Å². The van der Waals surface area contributed by atoms with Crippen molar-refractivity contribution in [3.8, 4) is 5.75 Å². The molecule has 27 heavy (non-hydrogen) atoms. The van der Waals surface area contributed by atoms with E-state index in [1.165, 1.54) is 0 Å². The summed E-state index contributed by atoms with van der Waals surface area (Å²) >= 11 is 0. The summed E-state index contributed by atoms with van der Waals surface area (Å²) in [5.74, 6) is -0.654. The molecule has 0 aliphatic rings. The van der Waals surface area contributed by atoms with E-state index in [4.69, 9.17) is 5.73 Å². The van der Waals surface area contributed by atoms with Gasteiger partial charge in [0.1, 0.15) is 5.75 Å². The fourth-order valence-electron chi connectivity index (χ4n) is 2.31. The normalized spacial score (nSPS) is 14.1. The first-order chi connectivity index (χ1) is 12.2. The zero-order chi connectivity index (χ0) is 20.6. The second-order valence-corrected chi connectivity index (χ2v) is 5.39. The van der Waals surface area contributed by atoms with E-state index in [0.717, 1.165) is 24.3 Å². The van der Waals surface area contributed by atoms with Crippen molar-refractivity contribution in [3.05, 3.63) is 64.7 Å². The van der Waals surface area contributed by atoms with Crippen molar-refractivity contribution < 1.29 is 44.3 Å². The van der Waals surface area contributed by atoms with Crippen molar-refractivity contribution in [2.24, 2.45) is 5.73 Å². The Kier molecular flexibility index (Phi) is 5.37. The Hall–Kier alpha value is -2.43. The molecule has 0 saturated carbocycles. The SMILES string of the molecule is N[C@@H](c1ccc(OC(F)(F)F)cc1)c1cc(C(F)(F)F)ccc1C(F)(F)F. The second kappa shape index (κ2) is 6.95. The molecule has 0 heterocycles. The highest BCUT2D eigenvalue weighted by molar-refractivity contribution is 5.43. The number of benzene rings is 2. The van der Waals surface area contributed by atoms with E-state index in [1.807, 2.05) is 0 Å². The van der Waals surface area contributed by atoms with E-state index < -0.39 is 47.2 Å². The molecule has 2 rings (SSSR count). The Morgan fingerprint density at radius 1 is 0.741 bits per heavy atom. The summed E-state index contributed by atoms with van der Waals surface area (Å²) in [7, 11) is 0. The molecule has 0 amide bonds. The van der Waals surface area contributed by atoms with Crippen LogP contribution in [0.25, 0.3) is 0 Å². The van der Waals surface area contributed by atoms with Crippen LogP contribution in [0.1, 0.15) is 28.3 Å². The topological polar surface area (TPSA) is 35.2 Å². The van der Waals surface area contributed by atoms with E-state index in [1.54, 1.807) is 0 Å². The van der Waals surface area contributed by atoms with Crippen LogP contribution in [-0.2, 0) is 12.4 Å². The van der Waals surface area contributed by atoms with Crippen LogP contribution >= 0.6 is 0 Å². The highest BCUT2D eigenvalue weighted by Crippen LogP contribution is 2.39. The summed E-state index contributed by atoms with van der Waals surface area (Å²) < 4.78 is 118. The number of rotatable bonds is 3. The van der Waals surface area contributed by atoms with Crippen LogP contribution in [0.2, 0.25) is 0 Å². The summed E-state index contributed by atoms with van der Waals surface area (Å²) in [5, 5.41) is 0. The van der Waals surface area contributed by atoms with Gasteiger partial charge in [-0.15, -0.1) is 13.2 Å². The predicted molar refractivity (Wildman–Crippen MR) is 75.6 cm³/mol. The quantitative estimate of drug-likeness (QED) is 0.671. The van der Waals surface area contributed by atoms with E-state index in [2.05, 4.69) is 4.74 Å². The number of hydrogen-bond acceptors (Lipinski definition) is 2. The van der Waals surface area contributed by atoms with Gasteiger partial charge >= 0.3 is 18.7 Å². The van der Waals surface area contributed by atoms with Gasteiger partial charge in [0.2, 0.25) is 0 Å². The molecule has 2 N–H and O–H groups in total. The molecule has 0 spiro atoms. The van der Waals surface area contributed by atoms with Gasteiger partial charge in [0, 0.05) is 0 Å². The van der Waals surface area contributed by atoms with Crippen molar-refractivity contribution >= 4 is 0 Å². The van der Waals surface area contributed by atoms with Gasteiger partial charge in [-0.25, -0.2) is 0 Å². The van der Waals surface area contributed by atoms with Crippen LogP contribution in [0.3, 0.4) is 0 Å². The third-order valence-electron chi connectivity index (χ3n) is 3.49. The summed E-state index contributed by atoms with van der Waals surface area (Å²) in [6.45, 7) is 0. The highest BCUT2D eigenvalue weighted by atomic mass is 19.4. The molecule has 2 nitrogen and oxygen atoms in total. The van der Waals surface area contributed by atoms with Crippen molar-refractivity contribution in [1.29, 1.82) is 0 Å². The molecule has 11 heteroatoms. The first-order valence-electron chi connectivity index (χ1n) is 7.08. The van der Waals surface area contributed by atoms with Gasteiger partial charge in [-0.1, -0.05) is 12.1 Å². The molecule has 0 aliphatic heterocycles. The van der Waals surface area contributed by atoms with Crippen molar-refractivity contribution in [3.63, 3.8) is 0 Å². The Labute approximate surface area is 146 Å². The minimum absolute atomic E-state index is 0.130. The van der Waals surface area contributed by atoms with Gasteiger partial charge in [-0.3, -0.25) is 0 Å². The van der Waals surface area contributed by atoms with Crippen LogP contribution in [0, 0.1) is 0 Å². The van der Waals surface area contributed by atoms with Gasteiger partial charge in [0.05, 0.1) is 17.2 Å². The van der Waals surface area contributed by atoms with E-state index in [-0.39, 0.29) is 23.8 Å². The molecule has 0 aromatic heterocycles. The molecule has 0 saturated heterocycles. The second-order valence-electron chi connectivity index (χ2n) is 5.39. The smallest absolute Gasteiger partial charge is 0.406 e. The minimum Gasteiger partial charge on any atom is -0.406 e. The molecular weight excluding hydrogens is 393 g/mol. The Balaban J connectivity index is 2.46. The largest absolute Gasteiger partial charge is 0.573 e. The lowest BCUT2D eigenvalue weighted by atomic mass is 9.93. The molecule has 0 fully saturated rings. The van der Waals surface area contributed by atoms with Crippen LogP contribution in [0.5, 0.6) is 5.75 Å². The fraction of sp³-hybridized carbons (Fsp3) is 0.250. The van der Waals surface area contributed by atoms with E-state index in [9.17, 15) is 39.5 Å². The van der Waals surface area contributed by atoms with Gasteiger partial charge in [-0.2, -0.15) is 26.3 Å². The van der Waals surface area contributed by atoms with Crippen LogP contribution < -0.4 is 10.5 Å². The molecule has 2 aromatic carbocycles. The molecule has 0 radical (unpaired) electrons. The van der Waals surface area contributed by atoms with Crippen LogP contribution in [-0.4, -0.2) is 6.36 Å². The molecule has 148 valence electrons. The number of alkyl halides is 9. The molecule has 1 atom stereocenters. The zero-order valence-electron chi connectivity index (χ0n) is 13.0. The van der Waals surface area contributed by atoms with E-state index >= 15 is 0 Å². The molecular formula is C16H10F9NO. The summed E-state index contributed by atoms with van der Waals surface area (Å²) in [6.07, 6.45) is -14.9. The lowest BCUT2D eigenvalue weighted by Crippen LogP contribution is -2.20. The monoisotopic (exact) mass is 403 g/mol. The molecule has 0 unspecified atom stereocenters. The van der Waals surface area contributed by atoms with Gasteiger partial charge in [-0.05, 0) is 41.5 Å². The molecule has 0 bridgehead atoms. The maximum Gasteiger partial charge on any atom is 0.573 e. The first kappa shape index (κ1) is 20.9. The minimum atomic E-state index is -4.98. The average Bonchev–Trinajstić information content (AvgIpc) is 2.51. The van der Waals surface area contributed by atoms with Crippen molar-refractivity contribution in [2.75, 3.05) is 0 Å². The van der Waals surface area contributed by atoms with Gasteiger partial charge in [0.25, 0.3) is 0 Å². The first-order valence-corrected chi connectivity index (χ1v) is 7.08. The summed E-state index contributed by atoms with van der Waals surface area (Å²) in [6, 6.07) is 2.61. The third-order valence-corrected chi connectivity index (χ3v) is 3.49. The maximum absolute atomic E-state index is 13.1. The lowest BCUT2D eigenvalue weighted by Gasteiger charge is -2.21. The number of ether oxygens (including phenoxy) is 1. The molecule has 0 aliphatic carbocycles. The predicted octanol–water partition coefficient (Wildman–Crippen LogP) is 5.67. The third kappa shape index (κ3) is 5.28. The Morgan fingerprint density at radius 3 is 1.74 bits per heavy atom. The number of halogens is 9.